The number of aromatic amines is 2. The third-order valence-electron chi connectivity index (χ3n) is 6.20. The lowest BCUT2D eigenvalue weighted by Crippen LogP contribution is -2.32. The first-order valence-electron chi connectivity index (χ1n) is 11.5. The highest BCUT2D eigenvalue weighted by atomic mass is 16.2. The lowest BCUT2D eigenvalue weighted by Gasteiger charge is -2.18. The van der Waals surface area contributed by atoms with Crippen molar-refractivity contribution in [2.24, 2.45) is 0 Å². The van der Waals surface area contributed by atoms with E-state index in [1.54, 1.807) is 25.4 Å². The number of amides is 1. The number of nitrogens with one attached hydrogen (secondary N) is 3. The highest BCUT2D eigenvalue weighted by Gasteiger charge is 2.20. The molecule has 0 saturated heterocycles. The Morgan fingerprint density at radius 1 is 1.03 bits per heavy atom. The monoisotopic (exact) mass is 463 g/mol. The summed E-state index contributed by atoms with van der Waals surface area (Å²) in [5.41, 5.74) is 4.56. The zero-order valence-electron chi connectivity index (χ0n) is 19.3. The van der Waals surface area contributed by atoms with Crippen molar-refractivity contribution in [2.75, 3.05) is 6.54 Å². The van der Waals surface area contributed by atoms with E-state index in [2.05, 4.69) is 43.5 Å². The molecule has 1 unspecified atom stereocenters. The standard InChI is InChI=1S/C28H25N5O2/c1-18-22(28(35)33-27(32-18)20-10-7-13-29-15-20)14-26(34)31-16-23(19-8-3-2-4-9-19)24-17-30-25-12-6-5-11-21(24)25/h2-13,15,17,23,30H,14,16H2,1H3,(H,31,34)(H,32,33,35). The molecule has 0 aliphatic carbocycles. The second kappa shape index (κ2) is 9.77. The molecule has 35 heavy (non-hydrogen) atoms. The van der Waals surface area contributed by atoms with E-state index in [1.165, 1.54) is 0 Å². The number of benzene rings is 2. The smallest absolute Gasteiger partial charge is 0.255 e. The molecule has 3 aromatic heterocycles. The fourth-order valence-corrected chi connectivity index (χ4v) is 4.37. The fraction of sp³-hybridized carbons (Fsp3) is 0.143. The van der Waals surface area contributed by atoms with E-state index in [4.69, 9.17) is 0 Å². The van der Waals surface area contributed by atoms with Crippen LogP contribution in [0.2, 0.25) is 0 Å². The summed E-state index contributed by atoms with van der Waals surface area (Å²) < 4.78 is 0. The SMILES string of the molecule is Cc1nc(-c2cccnc2)[nH]c(=O)c1CC(=O)NCC(c1ccccc1)c1c[nH]c2ccccc12. The fourth-order valence-electron chi connectivity index (χ4n) is 4.37. The van der Waals surface area contributed by atoms with Gasteiger partial charge in [-0.15, -0.1) is 0 Å². The van der Waals surface area contributed by atoms with Crippen LogP contribution in [0.5, 0.6) is 0 Å². The van der Waals surface area contributed by atoms with E-state index in [-0.39, 0.29) is 23.8 Å². The molecule has 0 radical (unpaired) electrons. The summed E-state index contributed by atoms with van der Waals surface area (Å²) in [5, 5.41) is 4.16. The maximum Gasteiger partial charge on any atom is 0.255 e. The number of pyridine rings is 1. The van der Waals surface area contributed by atoms with Gasteiger partial charge in [0, 0.05) is 58.8 Å². The average molecular weight is 464 g/mol. The predicted octanol–water partition coefficient (Wildman–Crippen LogP) is 4.11. The van der Waals surface area contributed by atoms with Crippen molar-refractivity contribution in [3.05, 3.63) is 118 Å². The molecular formula is C28H25N5O2. The number of carbonyl (C=O) groups is 1. The highest BCUT2D eigenvalue weighted by Crippen LogP contribution is 2.30. The van der Waals surface area contributed by atoms with Gasteiger partial charge in [-0.2, -0.15) is 0 Å². The number of rotatable bonds is 7. The van der Waals surface area contributed by atoms with Crippen molar-refractivity contribution < 1.29 is 4.79 Å². The number of aryl methyl sites for hydroxylation is 1. The Bertz CT molecular complexity index is 1520. The van der Waals surface area contributed by atoms with Crippen LogP contribution in [0.4, 0.5) is 0 Å². The predicted molar refractivity (Wildman–Crippen MR) is 136 cm³/mol. The van der Waals surface area contributed by atoms with Crippen molar-refractivity contribution in [1.82, 2.24) is 25.3 Å². The first kappa shape index (κ1) is 22.3. The third-order valence-corrected chi connectivity index (χ3v) is 6.20. The second-order valence-electron chi connectivity index (χ2n) is 8.45. The summed E-state index contributed by atoms with van der Waals surface area (Å²) in [5.74, 6) is 0.172. The van der Waals surface area contributed by atoms with Crippen LogP contribution in [-0.2, 0) is 11.2 Å². The number of aromatic nitrogens is 4. The van der Waals surface area contributed by atoms with Crippen LogP contribution in [-0.4, -0.2) is 32.4 Å². The Labute approximate surface area is 202 Å². The van der Waals surface area contributed by atoms with Gasteiger partial charge in [0.15, 0.2) is 0 Å². The summed E-state index contributed by atoms with van der Waals surface area (Å²) >= 11 is 0. The largest absolute Gasteiger partial charge is 0.361 e. The number of para-hydroxylation sites is 1. The number of hydrogen-bond donors (Lipinski definition) is 3. The third kappa shape index (κ3) is 4.75. The number of fused-ring (bicyclic) bond motifs is 1. The molecule has 7 nitrogen and oxygen atoms in total. The Morgan fingerprint density at radius 2 is 1.83 bits per heavy atom. The van der Waals surface area contributed by atoms with E-state index < -0.39 is 0 Å². The maximum atomic E-state index is 12.9. The van der Waals surface area contributed by atoms with Crippen LogP contribution in [0.3, 0.4) is 0 Å². The van der Waals surface area contributed by atoms with Crippen LogP contribution in [0.1, 0.15) is 28.3 Å². The van der Waals surface area contributed by atoms with Crippen molar-refractivity contribution >= 4 is 16.8 Å². The molecule has 1 atom stereocenters. The minimum absolute atomic E-state index is 0.0400. The molecule has 0 spiro atoms. The molecule has 3 N–H and O–H groups in total. The molecule has 3 heterocycles. The Balaban J connectivity index is 1.36. The van der Waals surface area contributed by atoms with Crippen LogP contribution in [0.15, 0.2) is 90.1 Å². The van der Waals surface area contributed by atoms with Crippen LogP contribution >= 0.6 is 0 Å². The topological polar surface area (TPSA) is 104 Å². The molecule has 0 fully saturated rings. The van der Waals surface area contributed by atoms with Gasteiger partial charge in [0.05, 0.1) is 6.42 Å². The first-order valence-corrected chi connectivity index (χ1v) is 11.5. The van der Waals surface area contributed by atoms with E-state index in [0.29, 0.717) is 29.2 Å². The molecule has 0 aliphatic rings. The summed E-state index contributed by atoms with van der Waals surface area (Å²) in [4.78, 5) is 40.4. The lowest BCUT2D eigenvalue weighted by atomic mass is 9.91. The summed E-state index contributed by atoms with van der Waals surface area (Å²) in [6.07, 6.45) is 5.26. The van der Waals surface area contributed by atoms with Gasteiger partial charge in [-0.05, 0) is 36.2 Å². The van der Waals surface area contributed by atoms with Crippen molar-refractivity contribution in [1.29, 1.82) is 0 Å². The second-order valence-corrected chi connectivity index (χ2v) is 8.45. The lowest BCUT2D eigenvalue weighted by molar-refractivity contribution is -0.120. The van der Waals surface area contributed by atoms with Crippen LogP contribution < -0.4 is 10.9 Å². The van der Waals surface area contributed by atoms with E-state index in [1.807, 2.05) is 48.7 Å². The highest BCUT2D eigenvalue weighted by molar-refractivity contribution is 5.84. The number of carbonyl (C=O) groups excluding carboxylic acids is 1. The van der Waals surface area contributed by atoms with Crippen molar-refractivity contribution in [3.63, 3.8) is 0 Å². The average Bonchev–Trinajstić information content (AvgIpc) is 3.31. The number of nitrogens with zero attached hydrogens (tertiary/aromatic N) is 2. The minimum Gasteiger partial charge on any atom is -0.361 e. The van der Waals surface area contributed by atoms with Crippen molar-refractivity contribution in [3.8, 4) is 11.4 Å². The number of hydrogen-bond acceptors (Lipinski definition) is 4. The molecule has 5 aromatic rings. The van der Waals surface area contributed by atoms with E-state index >= 15 is 0 Å². The first-order chi connectivity index (χ1) is 17.1. The molecule has 0 saturated carbocycles. The molecule has 1 amide bonds. The molecule has 174 valence electrons. The summed E-state index contributed by atoms with van der Waals surface area (Å²) in [7, 11) is 0. The van der Waals surface area contributed by atoms with Crippen LogP contribution in [0.25, 0.3) is 22.3 Å². The molecule has 7 heteroatoms. The zero-order chi connectivity index (χ0) is 24.2. The van der Waals surface area contributed by atoms with E-state index in [9.17, 15) is 9.59 Å². The molecular weight excluding hydrogens is 438 g/mol. The van der Waals surface area contributed by atoms with E-state index in [0.717, 1.165) is 22.0 Å². The van der Waals surface area contributed by atoms with Gasteiger partial charge in [0.1, 0.15) is 5.82 Å². The quantitative estimate of drug-likeness (QED) is 0.338. The van der Waals surface area contributed by atoms with Gasteiger partial charge in [-0.3, -0.25) is 14.6 Å². The molecule has 2 aromatic carbocycles. The Morgan fingerprint density at radius 3 is 2.60 bits per heavy atom. The normalized spacial score (nSPS) is 11.9. The number of H-pyrrole nitrogens is 2. The summed E-state index contributed by atoms with van der Waals surface area (Å²) in [6.45, 7) is 2.15. The Kier molecular flexibility index (Phi) is 6.22. The van der Waals surface area contributed by atoms with Gasteiger partial charge in [-0.1, -0.05) is 48.5 Å². The van der Waals surface area contributed by atoms with Gasteiger partial charge >= 0.3 is 0 Å². The molecule has 0 aliphatic heterocycles. The van der Waals surface area contributed by atoms with Gasteiger partial charge in [0.25, 0.3) is 5.56 Å². The van der Waals surface area contributed by atoms with Gasteiger partial charge < -0.3 is 15.3 Å². The van der Waals surface area contributed by atoms with Crippen molar-refractivity contribution in [2.45, 2.75) is 19.3 Å². The summed E-state index contributed by atoms with van der Waals surface area (Å²) in [6, 6.07) is 21.8. The van der Waals surface area contributed by atoms with Gasteiger partial charge in [0.2, 0.25) is 5.91 Å². The Hall–Kier alpha value is -4.52. The zero-order valence-corrected chi connectivity index (χ0v) is 19.3. The minimum atomic E-state index is -0.317. The molecule has 5 rings (SSSR count). The maximum absolute atomic E-state index is 12.9. The van der Waals surface area contributed by atoms with Gasteiger partial charge in [-0.25, -0.2) is 4.98 Å². The molecule has 0 bridgehead atoms. The van der Waals surface area contributed by atoms with Crippen LogP contribution in [0, 0.1) is 6.92 Å².